The van der Waals surface area contributed by atoms with Crippen LogP contribution in [-0.4, -0.2) is 63.1 Å². The summed E-state index contributed by atoms with van der Waals surface area (Å²) >= 11 is 0. The number of nitrogens with zero attached hydrogens (tertiary/aromatic N) is 3. The Hall–Kier alpha value is -1.94. The Kier molecular flexibility index (Phi) is 3.23. The highest BCUT2D eigenvalue weighted by atomic mass is 32.2. The molecule has 2 aliphatic carbocycles. The highest BCUT2D eigenvalue weighted by molar-refractivity contribution is 7.94. The normalized spacial score (nSPS) is 23.3. The van der Waals surface area contributed by atoms with Gasteiger partial charge in [-0.3, -0.25) is 25.6 Å². The maximum absolute atomic E-state index is 13.0. The van der Waals surface area contributed by atoms with E-state index in [0.29, 0.717) is 37.1 Å². The van der Waals surface area contributed by atoms with Crippen LogP contribution < -0.4 is 5.48 Å². The van der Waals surface area contributed by atoms with Crippen LogP contribution >= 0.6 is 0 Å². The van der Waals surface area contributed by atoms with Crippen molar-refractivity contribution in [1.29, 1.82) is 5.40 Å². The number of hydrogen-bond donors (Lipinski definition) is 3. The van der Waals surface area contributed by atoms with Crippen molar-refractivity contribution in [1.82, 2.24) is 20.2 Å². The Bertz CT molecular complexity index is 901. The number of amidine groups is 1. The lowest BCUT2D eigenvalue weighted by atomic mass is 10.0. The molecule has 2 heterocycles. The highest BCUT2D eigenvalue weighted by Gasteiger charge is 2.60. The first-order valence-corrected chi connectivity index (χ1v) is 9.90. The number of rotatable bonds is 5. The monoisotopic (exact) mass is 367 g/mol. The van der Waals surface area contributed by atoms with E-state index in [1.807, 2.05) is 5.48 Å². The molecule has 10 heteroatoms. The summed E-state index contributed by atoms with van der Waals surface area (Å²) in [6.45, 7) is 0.603. The van der Waals surface area contributed by atoms with Gasteiger partial charge in [0, 0.05) is 25.7 Å². The van der Waals surface area contributed by atoms with Crippen molar-refractivity contribution in [2.75, 3.05) is 13.1 Å². The van der Waals surface area contributed by atoms with Crippen LogP contribution in [0, 0.1) is 5.40 Å². The topological polar surface area (TPSA) is 128 Å². The number of nitrogens with one attached hydrogen (secondary N) is 2. The zero-order valence-corrected chi connectivity index (χ0v) is 14.7. The van der Waals surface area contributed by atoms with Crippen molar-refractivity contribution in [2.24, 2.45) is 7.05 Å². The standard InChI is InChI=1S/C15H21N5O4S/c1-19-12-10(11(17-19)13(16)18-22)4-7-20(14(12)21)8-15(5-6-15)25(23,24)9-2-3-9/h9,22H,2-8H2,1H3,(H2,16,18). The number of carbonyl (C=O) groups excluding carboxylic acids is 1. The lowest BCUT2D eigenvalue weighted by molar-refractivity contribution is 0.0724. The Labute approximate surface area is 146 Å². The van der Waals surface area contributed by atoms with Gasteiger partial charge in [0.25, 0.3) is 5.91 Å². The summed E-state index contributed by atoms with van der Waals surface area (Å²) in [5.74, 6) is -0.398. The minimum Gasteiger partial charge on any atom is -0.335 e. The van der Waals surface area contributed by atoms with Gasteiger partial charge >= 0.3 is 0 Å². The quantitative estimate of drug-likeness (QED) is 0.377. The summed E-state index contributed by atoms with van der Waals surface area (Å²) in [7, 11) is -1.58. The first kappa shape index (κ1) is 15.3. The molecule has 2 saturated carbocycles. The van der Waals surface area contributed by atoms with Gasteiger partial charge < -0.3 is 4.90 Å². The van der Waals surface area contributed by atoms with Crippen molar-refractivity contribution in [3.8, 4) is 0 Å². The maximum Gasteiger partial charge on any atom is 0.272 e. The maximum atomic E-state index is 13.0. The minimum absolute atomic E-state index is 0.127. The van der Waals surface area contributed by atoms with Crippen molar-refractivity contribution in [2.45, 2.75) is 42.1 Å². The SMILES string of the molecule is [H]/N=C(\NO)c1nn(C)c2c1CCN(CC1(S(=O)(=O)C3CC3)CC1)C2=O. The fraction of sp³-hybridized carbons (Fsp3) is 0.667. The molecule has 1 aromatic heterocycles. The second-order valence-corrected chi connectivity index (χ2v) is 9.79. The summed E-state index contributed by atoms with van der Waals surface area (Å²) in [5.41, 5.74) is 3.05. The molecule has 25 heavy (non-hydrogen) atoms. The van der Waals surface area contributed by atoms with Crippen LogP contribution in [-0.2, 0) is 23.3 Å². The minimum atomic E-state index is -3.18. The first-order valence-electron chi connectivity index (χ1n) is 8.80. The van der Waals surface area contributed by atoms with Crippen LogP contribution in [0.5, 0.6) is 0 Å². The molecule has 1 amide bonds. The zero-order valence-electron chi connectivity index (χ0n) is 14.9. The van der Waals surface area contributed by atoms with Crippen molar-refractivity contribution >= 4 is 21.6 Å². The van der Waals surface area contributed by atoms with Gasteiger partial charge in [0.15, 0.2) is 17.1 Å². The molecule has 0 unspecified atom stereocenters. The largest absolute Gasteiger partial charge is 0.335 e. The van der Waals surface area contributed by atoms with Crippen LogP contribution in [0.3, 0.4) is 0 Å². The lowest BCUT2D eigenvalue weighted by Crippen LogP contribution is -2.46. The molecule has 1 aromatic rings. The van der Waals surface area contributed by atoms with Gasteiger partial charge in [-0.1, -0.05) is 0 Å². The van der Waals surface area contributed by atoms with E-state index in [1.165, 1.54) is 4.68 Å². The van der Waals surface area contributed by atoms with Crippen LogP contribution in [0.15, 0.2) is 0 Å². The number of hydroxylamine groups is 1. The average molecular weight is 367 g/mol. The van der Waals surface area contributed by atoms with E-state index >= 15 is 0 Å². The van der Waals surface area contributed by atoms with E-state index in [4.69, 9.17) is 6.62 Å². The molecule has 9 nitrogen and oxygen atoms in total. The molecule has 3 N–H and O–H groups in total. The Morgan fingerprint density at radius 1 is 1.52 bits per heavy atom. The van der Waals surface area contributed by atoms with Gasteiger partial charge in [0.1, 0.15) is 11.4 Å². The second kappa shape index (κ2) is 5.28. The predicted molar refractivity (Wildman–Crippen MR) is 88.5 cm³/mol. The van der Waals surface area contributed by atoms with Crippen LogP contribution in [0.2, 0.25) is 1.41 Å². The summed E-state index contributed by atoms with van der Waals surface area (Å²) in [4.78, 5) is 14.6. The van der Waals surface area contributed by atoms with Gasteiger partial charge in [-0.2, -0.15) is 5.10 Å². The molecule has 4 rings (SSSR count). The van der Waals surface area contributed by atoms with Gasteiger partial charge in [-0.25, -0.2) is 8.42 Å². The van der Waals surface area contributed by atoms with Crippen LogP contribution in [0.1, 0.15) is 47.4 Å². The summed E-state index contributed by atoms with van der Waals surface area (Å²) in [6.07, 6.45) is 3.16. The van der Waals surface area contributed by atoms with Gasteiger partial charge in [0.2, 0.25) is 0 Å². The molecule has 0 saturated heterocycles. The summed E-state index contributed by atoms with van der Waals surface area (Å²) in [6, 6.07) is 0. The molecule has 0 atom stereocenters. The third-order valence-electron chi connectivity index (χ3n) is 5.45. The fourth-order valence-corrected chi connectivity index (χ4v) is 6.19. The van der Waals surface area contributed by atoms with E-state index < -0.39 is 14.6 Å². The highest BCUT2D eigenvalue weighted by Crippen LogP contribution is 2.50. The molecule has 0 aromatic carbocycles. The van der Waals surface area contributed by atoms with Crippen molar-refractivity contribution in [3.63, 3.8) is 0 Å². The summed E-state index contributed by atoms with van der Waals surface area (Å²) in [5, 5.41) is 16.3. The van der Waals surface area contributed by atoms with Crippen molar-refractivity contribution in [3.05, 3.63) is 17.0 Å². The smallest absolute Gasteiger partial charge is 0.272 e. The molecule has 2 fully saturated rings. The number of carbonyl (C=O) groups is 1. The molecule has 0 spiro atoms. The zero-order chi connectivity index (χ0) is 18.7. The fourth-order valence-electron chi connectivity index (χ4n) is 3.72. The first-order chi connectivity index (χ1) is 12.3. The van der Waals surface area contributed by atoms with Crippen LogP contribution in [0.4, 0.5) is 0 Å². The van der Waals surface area contributed by atoms with Crippen molar-refractivity contribution < 1.29 is 19.8 Å². The molecule has 0 radical (unpaired) electrons. The number of aryl methyl sites for hydroxylation is 1. The third kappa shape index (κ3) is 2.38. The van der Waals surface area contributed by atoms with E-state index in [0.717, 1.165) is 12.8 Å². The Morgan fingerprint density at radius 2 is 2.24 bits per heavy atom. The molecular weight excluding hydrogens is 346 g/mol. The molecular formula is C15H21N5O4S. The summed E-state index contributed by atoms with van der Waals surface area (Å²) < 4.78 is 33.2. The van der Waals surface area contributed by atoms with E-state index in [2.05, 4.69) is 10.5 Å². The third-order valence-corrected chi connectivity index (χ3v) is 8.54. The number of fused-ring (bicyclic) bond motifs is 1. The molecule has 0 bridgehead atoms. The number of sulfone groups is 1. The molecule has 136 valence electrons. The van der Waals surface area contributed by atoms with E-state index in [1.54, 1.807) is 11.9 Å². The number of aromatic nitrogens is 2. The van der Waals surface area contributed by atoms with Gasteiger partial charge in [-0.05, 0) is 32.1 Å². The average Bonchev–Trinajstić information content (AvgIpc) is 3.51. The van der Waals surface area contributed by atoms with E-state index in [-0.39, 0.29) is 29.2 Å². The second-order valence-electron chi connectivity index (χ2n) is 7.16. The van der Waals surface area contributed by atoms with Gasteiger partial charge in [-0.15, -0.1) is 0 Å². The van der Waals surface area contributed by atoms with Crippen LogP contribution in [0.25, 0.3) is 0 Å². The molecule has 1 aliphatic heterocycles. The molecule has 3 aliphatic rings. The predicted octanol–water partition coefficient (Wildman–Crippen LogP) is -0.168. The lowest BCUT2D eigenvalue weighted by Gasteiger charge is -2.31. The number of amides is 1. The van der Waals surface area contributed by atoms with Gasteiger partial charge in [0.05, 0.1) is 10.00 Å². The van der Waals surface area contributed by atoms with E-state index in [9.17, 15) is 13.2 Å². The Balaban J connectivity index is 1.62. The Morgan fingerprint density at radius 3 is 2.80 bits per heavy atom. The number of hydrogen-bond acceptors (Lipinski definition) is 6.